The zero-order chi connectivity index (χ0) is 23.6. The Kier molecular flexibility index (Phi) is 7.91. The van der Waals surface area contributed by atoms with E-state index in [0.717, 1.165) is 0 Å². The third kappa shape index (κ3) is 6.76. The van der Waals surface area contributed by atoms with E-state index in [1.54, 1.807) is 55.7 Å². The fourth-order valence-corrected chi connectivity index (χ4v) is 2.85. The molecule has 33 heavy (non-hydrogen) atoms. The third-order valence-corrected chi connectivity index (χ3v) is 4.40. The van der Waals surface area contributed by atoms with E-state index >= 15 is 0 Å². The van der Waals surface area contributed by atoms with Crippen LogP contribution in [0.3, 0.4) is 0 Å². The fraction of sp³-hybridized carbons (Fsp3) is 0.120. The van der Waals surface area contributed by atoms with Gasteiger partial charge in [0.1, 0.15) is 5.75 Å². The Labute approximate surface area is 191 Å². The maximum absolute atomic E-state index is 12.3. The highest BCUT2D eigenvalue weighted by Gasteiger charge is 2.07. The van der Waals surface area contributed by atoms with Crippen molar-refractivity contribution in [2.75, 3.05) is 26.1 Å². The molecule has 0 unspecified atom stereocenters. The molecule has 0 radical (unpaired) electrons. The maximum Gasteiger partial charge on any atom is 0.255 e. The van der Waals surface area contributed by atoms with Gasteiger partial charge in [0, 0.05) is 11.8 Å². The van der Waals surface area contributed by atoms with Crippen molar-refractivity contribution < 1.29 is 28.5 Å². The molecule has 3 aromatic carbocycles. The molecule has 0 bridgehead atoms. The Morgan fingerprint density at radius 3 is 2.24 bits per heavy atom. The lowest BCUT2D eigenvalue weighted by molar-refractivity contribution is -0.120. The summed E-state index contributed by atoms with van der Waals surface area (Å²) in [6, 6.07) is 19.4. The molecule has 0 spiro atoms. The van der Waals surface area contributed by atoms with Crippen molar-refractivity contribution in [1.29, 1.82) is 0 Å². The summed E-state index contributed by atoms with van der Waals surface area (Å²) in [4.78, 5) is 23.2. The number of rotatable bonds is 10. The molecule has 8 heteroatoms. The summed E-state index contributed by atoms with van der Waals surface area (Å²) >= 11 is 0. The average Bonchev–Trinajstić information content (AvgIpc) is 2.83. The number of amides is 2. The summed E-state index contributed by atoms with van der Waals surface area (Å²) in [5.41, 5.74) is 6.42. The first kappa shape index (κ1) is 23.2. The third-order valence-electron chi connectivity index (χ3n) is 4.40. The van der Waals surface area contributed by atoms with Crippen LogP contribution in [0.25, 0.3) is 6.08 Å². The number of primary amides is 1. The van der Waals surface area contributed by atoms with Crippen LogP contribution in [0, 0.1) is 0 Å². The van der Waals surface area contributed by atoms with Gasteiger partial charge in [0.05, 0.1) is 14.2 Å². The van der Waals surface area contributed by atoms with E-state index < -0.39 is 5.91 Å². The Balaban J connectivity index is 1.59. The van der Waals surface area contributed by atoms with E-state index in [4.69, 9.17) is 24.7 Å². The summed E-state index contributed by atoms with van der Waals surface area (Å²) in [6.07, 6.45) is 3.03. The minimum Gasteiger partial charge on any atom is -0.493 e. The lowest BCUT2D eigenvalue weighted by atomic mass is 10.2. The number of hydrogen-bond donors (Lipinski definition) is 2. The molecule has 0 aliphatic carbocycles. The number of nitrogens with two attached hydrogens (primary N) is 1. The Hall–Kier alpha value is -4.46. The number of methoxy groups -OCH3 is 2. The van der Waals surface area contributed by atoms with Gasteiger partial charge in [-0.05, 0) is 60.2 Å². The van der Waals surface area contributed by atoms with Gasteiger partial charge in [0.25, 0.3) is 5.91 Å². The first-order chi connectivity index (χ1) is 16.0. The van der Waals surface area contributed by atoms with Gasteiger partial charge in [0.2, 0.25) is 5.91 Å². The van der Waals surface area contributed by atoms with E-state index in [9.17, 15) is 9.59 Å². The quantitative estimate of drug-likeness (QED) is 0.454. The predicted molar refractivity (Wildman–Crippen MR) is 125 cm³/mol. The molecule has 0 saturated carbocycles. The molecule has 0 fully saturated rings. The summed E-state index contributed by atoms with van der Waals surface area (Å²) in [5, 5.41) is 2.79. The highest BCUT2D eigenvalue weighted by Crippen LogP contribution is 2.31. The van der Waals surface area contributed by atoms with Crippen LogP contribution >= 0.6 is 0 Å². The van der Waals surface area contributed by atoms with Crippen LogP contribution in [0.15, 0.2) is 72.8 Å². The Bertz CT molecular complexity index is 1140. The van der Waals surface area contributed by atoms with E-state index in [2.05, 4.69) is 5.32 Å². The monoisotopic (exact) mass is 448 g/mol. The molecule has 3 N–H and O–H groups in total. The second-order valence-electron chi connectivity index (χ2n) is 6.77. The zero-order valence-corrected chi connectivity index (χ0v) is 18.2. The smallest absolute Gasteiger partial charge is 0.255 e. The highest BCUT2D eigenvalue weighted by atomic mass is 16.5. The summed E-state index contributed by atoms with van der Waals surface area (Å²) in [5.74, 6) is 1.75. The van der Waals surface area contributed by atoms with Gasteiger partial charge in [-0.15, -0.1) is 0 Å². The number of anilines is 1. The molecule has 0 aliphatic rings. The molecule has 3 aromatic rings. The maximum atomic E-state index is 12.3. The molecule has 8 nitrogen and oxygen atoms in total. The molecular weight excluding hydrogens is 424 g/mol. The van der Waals surface area contributed by atoms with Crippen LogP contribution in [0.2, 0.25) is 0 Å². The van der Waals surface area contributed by atoms with Crippen LogP contribution in [0.4, 0.5) is 5.69 Å². The van der Waals surface area contributed by atoms with Gasteiger partial charge < -0.3 is 30.0 Å². The number of carbonyl (C=O) groups excluding carboxylic acids is 2. The van der Waals surface area contributed by atoms with Gasteiger partial charge in [-0.25, -0.2) is 0 Å². The van der Waals surface area contributed by atoms with Crippen molar-refractivity contribution in [2.45, 2.75) is 0 Å². The lowest BCUT2D eigenvalue weighted by Crippen LogP contribution is -2.20. The van der Waals surface area contributed by atoms with Gasteiger partial charge in [-0.3, -0.25) is 9.59 Å². The van der Waals surface area contributed by atoms with Crippen molar-refractivity contribution in [2.24, 2.45) is 5.73 Å². The highest BCUT2D eigenvalue weighted by molar-refractivity contribution is 6.02. The summed E-state index contributed by atoms with van der Waals surface area (Å²) in [6.45, 7) is -0.253. The summed E-state index contributed by atoms with van der Waals surface area (Å²) in [7, 11) is 3.06. The number of benzene rings is 3. The zero-order valence-electron chi connectivity index (χ0n) is 18.2. The first-order valence-corrected chi connectivity index (χ1v) is 9.97. The topological polar surface area (TPSA) is 109 Å². The standard InChI is InChI=1S/C25H24N2O6/c1-30-20-5-3-4-6-22(20)33-19-11-9-18(10-12-19)27-25(29)14-8-17-7-13-21(23(15-17)31-2)32-16-24(26)28/h3-15H,16H2,1-2H3,(H2,26,28)(H,27,29)/b14-8+. The number of nitrogens with one attached hydrogen (secondary N) is 1. The van der Waals surface area contributed by atoms with Gasteiger partial charge >= 0.3 is 0 Å². The van der Waals surface area contributed by atoms with E-state index in [1.807, 2.05) is 24.3 Å². The largest absolute Gasteiger partial charge is 0.493 e. The van der Waals surface area contributed by atoms with Gasteiger partial charge in [0.15, 0.2) is 29.6 Å². The molecule has 0 saturated heterocycles. The minimum atomic E-state index is -0.586. The Morgan fingerprint density at radius 2 is 1.58 bits per heavy atom. The molecule has 0 aromatic heterocycles. The molecule has 0 aliphatic heterocycles. The van der Waals surface area contributed by atoms with Crippen molar-refractivity contribution in [3.05, 3.63) is 78.4 Å². The first-order valence-electron chi connectivity index (χ1n) is 9.97. The molecule has 2 amide bonds. The minimum absolute atomic E-state index is 0.253. The van der Waals surface area contributed by atoms with E-state index in [0.29, 0.717) is 40.0 Å². The van der Waals surface area contributed by atoms with Gasteiger partial charge in [-0.2, -0.15) is 0 Å². The second-order valence-corrected chi connectivity index (χ2v) is 6.77. The van der Waals surface area contributed by atoms with E-state index in [1.165, 1.54) is 13.2 Å². The van der Waals surface area contributed by atoms with Gasteiger partial charge in [-0.1, -0.05) is 18.2 Å². The lowest BCUT2D eigenvalue weighted by Gasteiger charge is -2.10. The predicted octanol–water partition coefficient (Wildman–Crippen LogP) is 4.01. The van der Waals surface area contributed by atoms with E-state index in [-0.39, 0.29) is 12.5 Å². The van der Waals surface area contributed by atoms with Crippen LogP contribution in [0.1, 0.15) is 5.56 Å². The number of ether oxygens (including phenoxy) is 4. The SMILES string of the molecule is COc1cc(/C=C/C(=O)Nc2ccc(Oc3ccccc3OC)cc2)ccc1OCC(N)=O. The fourth-order valence-electron chi connectivity index (χ4n) is 2.85. The number of carbonyl (C=O) groups is 2. The molecule has 3 rings (SSSR count). The van der Waals surface area contributed by atoms with Crippen LogP contribution in [0.5, 0.6) is 28.7 Å². The normalized spacial score (nSPS) is 10.5. The van der Waals surface area contributed by atoms with Crippen LogP contribution in [-0.2, 0) is 9.59 Å². The number of para-hydroxylation sites is 2. The van der Waals surface area contributed by atoms with Crippen molar-refractivity contribution >= 4 is 23.6 Å². The molecule has 0 atom stereocenters. The van der Waals surface area contributed by atoms with Crippen molar-refractivity contribution in [3.8, 4) is 28.7 Å². The van der Waals surface area contributed by atoms with Crippen molar-refractivity contribution in [3.63, 3.8) is 0 Å². The Morgan fingerprint density at radius 1 is 0.879 bits per heavy atom. The van der Waals surface area contributed by atoms with Crippen molar-refractivity contribution in [1.82, 2.24) is 0 Å². The van der Waals surface area contributed by atoms with Crippen LogP contribution in [-0.4, -0.2) is 32.6 Å². The average molecular weight is 448 g/mol. The second kappa shape index (κ2) is 11.2. The van der Waals surface area contributed by atoms with Crippen LogP contribution < -0.4 is 30.0 Å². The summed E-state index contributed by atoms with van der Waals surface area (Å²) < 4.78 is 21.7. The molecular formula is C25H24N2O6. The molecule has 170 valence electrons. The molecule has 0 heterocycles. The number of hydrogen-bond acceptors (Lipinski definition) is 6.